The van der Waals surface area contributed by atoms with Crippen molar-refractivity contribution in [1.29, 1.82) is 0 Å². The van der Waals surface area contributed by atoms with E-state index in [1.807, 2.05) is 0 Å². The van der Waals surface area contributed by atoms with Crippen molar-refractivity contribution >= 4 is 46.3 Å². The van der Waals surface area contributed by atoms with Crippen molar-refractivity contribution < 1.29 is 33.7 Å². The van der Waals surface area contributed by atoms with Gasteiger partial charge in [0, 0.05) is 24.3 Å². The van der Waals surface area contributed by atoms with Crippen LogP contribution in [-0.4, -0.2) is 38.5 Å². The van der Waals surface area contributed by atoms with E-state index < -0.39 is 27.0 Å². The van der Waals surface area contributed by atoms with Crippen molar-refractivity contribution in [3.05, 3.63) is 109 Å². The van der Waals surface area contributed by atoms with Crippen LogP contribution in [0, 0.1) is 20.2 Å². The van der Waals surface area contributed by atoms with Gasteiger partial charge in [0.05, 0.1) is 33.5 Å². The number of carbonyl (C=O) groups excluding carboxylic acids is 3. The molecule has 0 N–H and O–H groups in total. The van der Waals surface area contributed by atoms with Crippen molar-refractivity contribution in [3.63, 3.8) is 0 Å². The summed E-state index contributed by atoms with van der Waals surface area (Å²) in [6, 6.07) is 15.1. The monoisotopic (exact) mass is 549 g/mol. The van der Waals surface area contributed by atoms with Crippen molar-refractivity contribution in [1.82, 2.24) is 4.90 Å². The molecule has 0 saturated carbocycles. The summed E-state index contributed by atoms with van der Waals surface area (Å²) in [6.07, 6.45) is 1.51. The van der Waals surface area contributed by atoms with Gasteiger partial charge >= 0.3 is 5.97 Å². The first kappa shape index (κ1) is 27.0. The van der Waals surface area contributed by atoms with Crippen LogP contribution in [0.15, 0.2) is 71.6 Å². The van der Waals surface area contributed by atoms with E-state index in [0.717, 1.165) is 16.7 Å². The maximum absolute atomic E-state index is 12.9. The first-order valence-corrected chi connectivity index (χ1v) is 12.2. The van der Waals surface area contributed by atoms with Gasteiger partial charge in [-0.3, -0.25) is 34.7 Å². The highest BCUT2D eigenvalue weighted by Gasteiger charge is 2.35. The maximum atomic E-state index is 12.9. The van der Waals surface area contributed by atoms with Crippen LogP contribution in [0.4, 0.5) is 16.2 Å². The molecule has 13 heteroatoms. The van der Waals surface area contributed by atoms with Gasteiger partial charge in [-0.1, -0.05) is 18.2 Å². The first-order valence-electron chi connectivity index (χ1n) is 11.4. The third-order valence-electron chi connectivity index (χ3n) is 5.44. The number of imide groups is 1. The third-order valence-corrected chi connectivity index (χ3v) is 6.35. The number of ether oxygens (including phenoxy) is 2. The highest BCUT2D eigenvalue weighted by Crippen LogP contribution is 2.36. The van der Waals surface area contributed by atoms with Crippen molar-refractivity contribution in [3.8, 4) is 11.5 Å². The number of nitrogens with zero attached hydrogens (tertiary/aromatic N) is 3. The fourth-order valence-corrected chi connectivity index (χ4v) is 4.38. The van der Waals surface area contributed by atoms with Crippen LogP contribution in [0.1, 0.15) is 28.4 Å². The molecule has 39 heavy (non-hydrogen) atoms. The highest BCUT2D eigenvalue weighted by molar-refractivity contribution is 8.18. The topological polar surface area (TPSA) is 159 Å². The van der Waals surface area contributed by atoms with E-state index in [-0.39, 0.29) is 46.5 Å². The molecule has 198 valence electrons. The second kappa shape index (κ2) is 11.6. The average Bonchev–Trinajstić information content (AvgIpc) is 3.17. The molecule has 12 nitrogen and oxygen atoms in total. The largest absolute Gasteiger partial charge is 0.490 e. The van der Waals surface area contributed by atoms with Gasteiger partial charge in [-0.25, -0.2) is 4.79 Å². The predicted octanol–water partition coefficient (Wildman–Crippen LogP) is 5.36. The van der Waals surface area contributed by atoms with Crippen molar-refractivity contribution in [2.75, 3.05) is 6.61 Å². The Bertz CT molecular complexity index is 1500. The molecule has 0 aromatic heterocycles. The molecule has 0 radical (unpaired) electrons. The molecule has 2 amide bonds. The number of nitro groups is 2. The van der Waals surface area contributed by atoms with Gasteiger partial charge in [-0.2, -0.15) is 0 Å². The Morgan fingerprint density at radius 2 is 1.54 bits per heavy atom. The summed E-state index contributed by atoms with van der Waals surface area (Å²) in [5, 5.41) is 21.2. The van der Waals surface area contributed by atoms with E-state index in [0.29, 0.717) is 11.1 Å². The second-order valence-corrected chi connectivity index (χ2v) is 9.02. The summed E-state index contributed by atoms with van der Waals surface area (Å²) in [4.78, 5) is 59.7. The Labute approximate surface area is 225 Å². The van der Waals surface area contributed by atoms with E-state index in [1.165, 1.54) is 60.7 Å². The van der Waals surface area contributed by atoms with E-state index in [2.05, 4.69) is 0 Å². The Hall–Kier alpha value is -5.04. The predicted molar refractivity (Wildman–Crippen MR) is 140 cm³/mol. The highest BCUT2D eigenvalue weighted by atomic mass is 32.2. The minimum atomic E-state index is -0.744. The van der Waals surface area contributed by atoms with Crippen LogP contribution >= 0.6 is 11.8 Å². The maximum Gasteiger partial charge on any atom is 0.343 e. The normalized spacial score (nSPS) is 14.0. The summed E-state index contributed by atoms with van der Waals surface area (Å²) in [7, 11) is 0. The number of hydrogen-bond donors (Lipinski definition) is 0. The standard InChI is InChI=1S/C26H19N3O9S/c1-2-37-22-13-17(5-12-21(22)38-25(31)18-6-10-20(11-7-18)29(35)36)14-23-24(30)27(26(32)39-23)15-16-3-8-19(9-4-16)28(33)34/h3-14H,2,15H2,1H3/b23-14-. The van der Waals surface area contributed by atoms with Crippen LogP contribution in [0.25, 0.3) is 6.08 Å². The zero-order valence-corrected chi connectivity index (χ0v) is 21.1. The van der Waals surface area contributed by atoms with E-state index in [9.17, 15) is 34.6 Å². The van der Waals surface area contributed by atoms with Crippen molar-refractivity contribution in [2.24, 2.45) is 0 Å². The molecule has 1 aliphatic heterocycles. The Morgan fingerprint density at radius 3 is 2.13 bits per heavy atom. The summed E-state index contributed by atoms with van der Waals surface area (Å²) < 4.78 is 11.0. The molecule has 1 aliphatic rings. The average molecular weight is 550 g/mol. The first-order chi connectivity index (χ1) is 18.7. The van der Waals surface area contributed by atoms with Gasteiger partial charge in [-0.15, -0.1) is 0 Å². The van der Waals surface area contributed by atoms with Gasteiger partial charge in [-0.05, 0) is 60.2 Å². The summed E-state index contributed by atoms with van der Waals surface area (Å²) in [6.45, 7) is 1.94. The third kappa shape index (κ3) is 6.27. The van der Waals surface area contributed by atoms with Gasteiger partial charge in [0.2, 0.25) is 0 Å². The SMILES string of the molecule is CCOc1cc(/C=C2\SC(=O)N(Cc3ccc([N+](=O)[O-])cc3)C2=O)ccc1OC(=O)c1ccc([N+](=O)[O-])cc1. The molecule has 0 atom stereocenters. The Morgan fingerprint density at radius 1 is 0.923 bits per heavy atom. The lowest BCUT2D eigenvalue weighted by Gasteiger charge is -2.12. The van der Waals surface area contributed by atoms with Gasteiger partial charge in [0.15, 0.2) is 11.5 Å². The molecule has 1 saturated heterocycles. The van der Waals surface area contributed by atoms with Crippen LogP contribution in [0.3, 0.4) is 0 Å². The Kier molecular flexibility index (Phi) is 8.01. The number of non-ortho nitro benzene ring substituents is 2. The lowest BCUT2D eigenvalue weighted by atomic mass is 10.1. The van der Waals surface area contributed by atoms with Crippen LogP contribution < -0.4 is 9.47 Å². The molecule has 4 rings (SSSR count). The number of benzene rings is 3. The van der Waals surface area contributed by atoms with Crippen LogP contribution in [0.5, 0.6) is 11.5 Å². The molecule has 0 spiro atoms. The quantitative estimate of drug-likeness (QED) is 0.112. The number of amides is 2. The van der Waals surface area contributed by atoms with E-state index in [1.54, 1.807) is 19.1 Å². The molecular weight excluding hydrogens is 530 g/mol. The van der Waals surface area contributed by atoms with Gasteiger partial charge < -0.3 is 9.47 Å². The van der Waals surface area contributed by atoms with Gasteiger partial charge in [0.1, 0.15) is 0 Å². The van der Waals surface area contributed by atoms with E-state index in [4.69, 9.17) is 9.47 Å². The van der Waals surface area contributed by atoms with E-state index >= 15 is 0 Å². The molecule has 0 bridgehead atoms. The van der Waals surface area contributed by atoms with Gasteiger partial charge in [0.25, 0.3) is 22.5 Å². The lowest BCUT2D eigenvalue weighted by Crippen LogP contribution is -2.27. The molecule has 1 fully saturated rings. The minimum Gasteiger partial charge on any atom is -0.490 e. The molecular formula is C26H19N3O9S. The molecule has 3 aromatic rings. The summed E-state index contributed by atoms with van der Waals surface area (Å²) in [5.41, 5.74) is 0.910. The fourth-order valence-electron chi connectivity index (χ4n) is 3.54. The zero-order chi connectivity index (χ0) is 28.1. The smallest absolute Gasteiger partial charge is 0.343 e. The number of esters is 1. The second-order valence-electron chi connectivity index (χ2n) is 8.02. The number of carbonyl (C=O) groups is 3. The minimum absolute atomic E-state index is 0.0400. The molecule has 1 heterocycles. The van der Waals surface area contributed by atoms with Crippen LogP contribution in [0.2, 0.25) is 0 Å². The number of rotatable bonds is 9. The summed E-state index contributed by atoms with van der Waals surface area (Å²) >= 11 is 0.755. The lowest BCUT2D eigenvalue weighted by molar-refractivity contribution is -0.385. The number of hydrogen-bond acceptors (Lipinski definition) is 10. The number of nitro benzene ring substituents is 2. The molecule has 0 aliphatic carbocycles. The molecule has 3 aromatic carbocycles. The fraction of sp³-hybridized carbons (Fsp3) is 0.115. The summed E-state index contributed by atoms with van der Waals surface area (Å²) in [5.74, 6) is -0.948. The zero-order valence-electron chi connectivity index (χ0n) is 20.3. The number of thioether (sulfide) groups is 1. The molecule has 0 unspecified atom stereocenters. The Balaban J connectivity index is 1.50. The van der Waals surface area contributed by atoms with Crippen LogP contribution in [-0.2, 0) is 11.3 Å². The van der Waals surface area contributed by atoms with Crippen molar-refractivity contribution in [2.45, 2.75) is 13.5 Å².